The van der Waals surface area contributed by atoms with Gasteiger partial charge in [0.05, 0.1) is 26.0 Å². The number of hydrogen-bond donors (Lipinski definition) is 1. The molecule has 1 aliphatic rings. The van der Waals surface area contributed by atoms with Gasteiger partial charge in [-0.2, -0.15) is 0 Å². The molecular weight excluding hydrogens is 460 g/mol. The summed E-state index contributed by atoms with van der Waals surface area (Å²) in [5.41, 5.74) is 3.73. The van der Waals surface area contributed by atoms with E-state index in [1.165, 1.54) is 5.56 Å². The van der Waals surface area contributed by atoms with Gasteiger partial charge in [-0.1, -0.05) is 48.5 Å². The summed E-state index contributed by atoms with van der Waals surface area (Å²) >= 11 is 1.63. The first-order valence-electron chi connectivity index (χ1n) is 11.6. The molecule has 3 aromatic rings. The van der Waals surface area contributed by atoms with E-state index in [0.717, 1.165) is 17.5 Å². The van der Waals surface area contributed by atoms with Crippen LogP contribution in [0.25, 0.3) is 0 Å². The minimum Gasteiger partial charge on any atom is -0.493 e. The Balaban J connectivity index is 1.40. The summed E-state index contributed by atoms with van der Waals surface area (Å²) in [7, 11) is 3.18. The van der Waals surface area contributed by atoms with Crippen LogP contribution >= 0.6 is 11.8 Å². The Morgan fingerprint density at radius 1 is 1.03 bits per heavy atom. The lowest BCUT2D eigenvalue weighted by atomic mass is 10.1. The Hall–Kier alpha value is -3.45. The standard InChI is InChI=1S/C28H30N2O4S/c1-19(23-13-14-24(33-2)25(17-23)34-3)29-27(32)21-9-11-22(12-10-21)28-30(26(31)18-35-28)16-15-20-7-5-4-6-8-20/h4-14,17,19,28H,15-16,18H2,1-3H3,(H,29,32)/t19-,28+/m0/s1. The van der Waals surface area contributed by atoms with Crippen molar-refractivity contribution in [3.05, 3.63) is 95.1 Å². The second kappa shape index (κ2) is 11.3. The van der Waals surface area contributed by atoms with Gasteiger partial charge in [0.25, 0.3) is 5.91 Å². The summed E-state index contributed by atoms with van der Waals surface area (Å²) in [6, 6.07) is 23.1. The fraction of sp³-hybridized carbons (Fsp3) is 0.286. The molecule has 0 aromatic heterocycles. The van der Waals surface area contributed by atoms with Gasteiger partial charge in [0.1, 0.15) is 5.37 Å². The Morgan fingerprint density at radius 2 is 1.74 bits per heavy atom. The molecule has 182 valence electrons. The van der Waals surface area contributed by atoms with Crippen LogP contribution in [0.1, 0.15) is 45.4 Å². The van der Waals surface area contributed by atoms with Crippen LogP contribution < -0.4 is 14.8 Å². The number of nitrogens with one attached hydrogen (secondary N) is 1. The first-order chi connectivity index (χ1) is 17.0. The van der Waals surface area contributed by atoms with E-state index in [1.54, 1.807) is 26.0 Å². The molecule has 2 atom stereocenters. The van der Waals surface area contributed by atoms with Crippen LogP contribution in [0.4, 0.5) is 0 Å². The lowest BCUT2D eigenvalue weighted by Gasteiger charge is -2.24. The van der Waals surface area contributed by atoms with Crippen LogP contribution in [0, 0.1) is 0 Å². The Bertz CT molecular complexity index is 1170. The lowest BCUT2D eigenvalue weighted by Crippen LogP contribution is -2.30. The zero-order chi connectivity index (χ0) is 24.8. The monoisotopic (exact) mass is 490 g/mol. The molecule has 1 aliphatic heterocycles. The van der Waals surface area contributed by atoms with Gasteiger partial charge in [0.2, 0.25) is 5.91 Å². The van der Waals surface area contributed by atoms with Crippen molar-refractivity contribution in [1.82, 2.24) is 10.2 Å². The molecule has 1 N–H and O–H groups in total. The maximum atomic E-state index is 12.9. The van der Waals surface area contributed by atoms with Crippen LogP contribution in [0.2, 0.25) is 0 Å². The molecule has 1 heterocycles. The molecule has 6 nitrogen and oxygen atoms in total. The largest absolute Gasteiger partial charge is 0.493 e. The summed E-state index contributed by atoms with van der Waals surface area (Å²) in [4.78, 5) is 27.3. The molecule has 0 unspecified atom stereocenters. The van der Waals surface area contributed by atoms with E-state index in [9.17, 15) is 9.59 Å². The van der Waals surface area contributed by atoms with Gasteiger partial charge >= 0.3 is 0 Å². The quantitative estimate of drug-likeness (QED) is 0.457. The molecule has 0 spiro atoms. The summed E-state index contributed by atoms with van der Waals surface area (Å²) in [6.45, 7) is 2.60. The number of ether oxygens (including phenoxy) is 2. The zero-order valence-electron chi connectivity index (χ0n) is 20.2. The van der Waals surface area contributed by atoms with Crippen molar-refractivity contribution < 1.29 is 19.1 Å². The van der Waals surface area contributed by atoms with Gasteiger partial charge in [-0.25, -0.2) is 0 Å². The summed E-state index contributed by atoms with van der Waals surface area (Å²) in [5.74, 6) is 1.74. The number of carbonyl (C=O) groups is 2. The number of nitrogens with zero attached hydrogens (tertiary/aromatic N) is 1. The van der Waals surface area contributed by atoms with E-state index in [4.69, 9.17) is 9.47 Å². The smallest absolute Gasteiger partial charge is 0.251 e. The predicted molar refractivity (Wildman–Crippen MR) is 139 cm³/mol. The van der Waals surface area contributed by atoms with E-state index >= 15 is 0 Å². The summed E-state index contributed by atoms with van der Waals surface area (Å²) in [5, 5.41) is 3.01. The number of amides is 2. The number of carbonyl (C=O) groups excluding carboxylic acids is 2. The van der Waals surface area contributed by atoms with Gasteiger partial charge < -0.3 is 19.7 Å². The first-order valence-corrected chi connectivity index (χ1v) is 12.6. The molecule has 0 aliphatic carbocycles. The Kier molecular flexibility index (Phi) is 7.98. The molecule has 2 amide bonds. The van der Waals surface area contributed by atoms with Crippen LogP contribution in [0.3, 0.4) is 0 Å². The molecule has 1 saturated heterocycles. The van der Waals surface area contributed by atoms with Gasteiger partial charge in [-0.15, -0.1) is 11.8 Å². The van der Waals surface area contributed by atoms with Gasteiger partial charge in [-0.05, 0) is 54.3 Å². The van der Waals surface area contributed by atoms with E-state index in [1.807, 2.05) is 72.5 Å². The van der Waals surface area contributed by atoms with Crippen LogP contribution in [-0.4, -0.2) is 43.2 Å². The van der Waals surface area contributed by atoms with E-state index < -0.39 is 0 Å². The second-order valence-corrected chi connectivity index (χ2v) is 9.49. The number of benzene rings is 3. The lowest BCUT2D eigenvalue weighted by molar-refractivity contribution is -0.128. The van der Waals surface area contributed by atoms with Crippen molar-refractivity contribution in [2.75, 3.05) is 26.5 Å². The highest BCUT2D eigenvalue weighted by Crippen LogP contribution is 2.38. The number of thioether (sulfide) groups is 1. The molecule has 1 fully saturated rings. The Labute approximate surface area is 210 Å². The van der Waals surface area contributed by atoms with Crippen LogP contribution in [0.5, 0.6) is 11.5 Å². The first kappa shape index (κ1) is 24.7. The minimum absolute atomic E-state index is 0.0333. The fourth-order valence-corrected chi connectivity index (χ4v) is 5.37. The molecule has 3 aromatic carbocycles. The topological polar surface area (TPSA) is 67.9 Å². The van der Waals surface area contributed by atoms with Crippen molar-refractivity contribution >= 4 is 23.6 Å². The molecule has 0 saturated carbocycles. The van der Waals surface area contributed by atoms with E-state index in [0.29, 0.717) is 29.4 Å². The SMILES string of the molecule is COc1ccc([C@H](C)NC(=O)c2ccc([C@H]3SCC(=O)N3CCc3ccccc3)cc2)cc1OC. The third-order valence-corrected chi connectivity index (χ3v) is 7.42. The third-order valence-electron chi connectivity index (χ3n) is 6.17. The molecule has 7 heteroatoms. The van der Waals surface area contributed by atoms with E-state index in [2.05, 4.69) is 17.4 Å². The maximum absolute atomic E-state index is 12.9. The van der Waals surface area contributed by atoms with Gasteiger partial charge in [0, 0.05) is 12.1 Å². The summed E-state index contributed by atoms with van der Waals surface area (Å²) < 4.78 is 10.7. The summed E-state index contributed by atoms with van der Waals surface area (Å²) in [6.07, 6.45) is 0.818. The maximum Gasteiger partial charge on any atom is 0.251 e. The van der Waals surface area contributed by atoms with Crippen molar-refractivity contribution in [3.8, 4) is 11.5 Å². The highest BCUT2D eigenvalue weighted by molar-refractivity contribution is 8.00. The average Bonchev–Trinajstić information content (AvgIpc) is 3.27. The van der Waals surface area contributed by atoms with Gasteiger partial charge in [-0.3, -0.25) is 9.59 Å². The van der Waals surface area contributed by atoms with Crippen molar-refractivity contribution in [2.24, 2.45) is 0 Å². The fourth-order valence-electron chi connectivity index (χ4n) is 4.15. The van der Waals surface area contributed by atoms with E-state index in [-0.39, 0.29) is 23.2 Å². The highest BCUT2D eigenvalue weighted by atomic mass is 32.2. The average molecular weight is 491 g/mol. The minimum atomic E-state index is -0.210. The van der Waals surface area contributed by atoms with Crippen molar-refractivity contribution in [1.29, 1.82) is 0 Å². The zero-order valence-corrected chi connectivity index (χ0v) is 21.0. The molecule has 0 radical (unpaired) electrons. The molecular formula is C28H30N2O4S. The Morgan fingerprint density at radius 3 is 2.43 bits per heavy atom. The predicted octanol–water partition coefficient (Wildman–Crippen LogP) is 5.01. The molecule has 35 heavy (non-hydrogen) atoms. The third kappa shape index (κ3) is 5.80. The number of methoxy groups -OCH3 is 2. The van der Waals surface area contributed by atoms with Crippen LogP contribution in [-0.2, 0) is 11.2 Å². The highest BCUT2D eigenvalue weighted by Gasteiger charge is 2.32. The van der Waals surface area contributed by atoms with Crippen LogP contribution in [0.15, 0.2) is 72.8 Å². The molecule has 0 bridgehead atoms. The second-order valence-electron chi connectivity index (χ2n) is 8.42. The molecule has 4 rings (SSSR count). The van der Waals surface area contributed by atoms with Gasteiger partial charge in [0.15, 0.2) is 11.5 Å². The normalized spacial score (nSPS) is 16.1. The van der Waals surface area contributed by atoms with Crippen molar-refractivity contribution in [3.63, 3.8) is 0 Å². The number of rotatable bonds is 9. The van der Waals surface area contributed by atoms with Crippen molar-refractivity contribution in [2.45, 2.75) is 24.8 Å². The number of hydrogen-bond acceptors (Lipinski definition) is 5.